The highest BCUT2D eigenvalue weighted by Crippen LogP contribution is 2.12. The van der Waals surface area contributed by atoms with Crippen molar-refractivity contribution in [1.82, 2.24) is 37.2 Å². The van der Waals surface area contributed by atoms with Crippen LogP contribution in [0.4, 0.5) is 0 Å². The molecule has 41 heavy (non-hydrogen) atoms. The third-order valence-corrected chi connectivity index (χ3v) is 7.20. The summed E-state index contributed by atoms with van der Waals surface area (Å²) in [6.45, 7) is 6.75. The van der Waals surface area contributed by atoms with E-state index < -0.39 is 0 Å². The van der Waals surface area contributed by atoms with Crippen LogP contribution >= 0.6 is 0 Å². The van der Waals surface area contributed by atoms with Crippen molar-refractivity contribution in [2.75, 3.05) is 54.4 Å². The molecule has 4 unspecified atom stereocenters. The first-order valence-corrected chi connectivity index (χ1v) is 15.6. The number of amides is 3. The van der Waals surface area contributed by atoms with Crippen molar-refractivity contribution >= 4 is 23.5 Å². The summed E-state index contributed by atoms with van der Waals surface area (Å²) in [7, 11) is 7.59. The van der Waals surface area contributed by atoms with E-state index in [9.17, 15) is 19.2 Å². The van der Waals surface area contributed by atoms with Gasteiger partial charge >= 0.3 is 0 Å². The van der Waals surface area contributed by atoms with Gasteiger partial charge in [0.25, 0.3) is 0 Å². The quantitative estimate of drug-likeness (QED) is 0.0713. The zero-order valence-electron chi connectivity index (χ0n) is 26.8. The van der Waals surface area contributed by atoms with E-state index in [4.69, 9.17) is 0 Å². The summed E-state index contributed by atoms with van der Waals surface area (Å²) in [4.78, 5) is 49.9. The van der Waals surface area contributed by atoms with Gasteiger partial charge in [0.2, 0.25) is 17.7 Å². The predicted molar refractivity (Wildman–Crippen MR) is 167 cm³/mol. The van der Waals surface area contributed by atoms with Crippen LogP contribution < -0.4 is 37.2 Å². The number of carbonyl (C=O) groups excluding carboxylic acids is 4. The molecule has 0 aromatic carbocycles. The highest BCUT2D eigenvalue weighted by Gasteiger charge is 2.21. The van der Waals surface area contributed by atoms with Crippen molar-refractivity contribution in [2.24, 2.45) is 5.92 Å². The number of hydrogen-bond donors (Lipinski definition) is 7. The van der Waals surface area contributed by atoms with Crippen LogP contribution in [0.3, 0.4) is 0 Å². The molecule has 0 saturated carbocycles. The van der Waals surface area contributed by atoms with E-state index in [-0.39, 0.29) is 60.4 Å². The zero-order valence-corrected chi connectivity index (χ0v) is 26.8. The topological polar surface area (TPSA) is 152 Å². The second-order valence-corrected chi connectivity index (χ2v) is 11.4. The van der Waals surface area contributed by atoms with Crippen molar-refractivity contribution in [1.29, 1.82) is 0 Å². The molecule has 0 bridgehead atoms. The minimum Gasteiger partial charge on any atom is -0.356 e. The van der Waals surface area contributed by atoms with Crippen LogP contribution in [0, 0.1) is 5.92 Å². The molecule has 0 heterocycles. The molecule has 11 nitrogen and oxygen atoms in total. The fourth-order valence-corrected chi connectivity index (χ4v) is 4.91. The largest absolute Gasteiger partial charge is 0.356 e. The Kier molecular flexibility index (Phi) is 24.3. The van der Waals surface area contributed by atoms with Crippen molar-refractivity contribution in [2.45, 2.75) is 109 Å². The van der Waals surface area contributed by atoms with E-state index >= 15 is 0 Å². The number of nitrogens with one attached hydrogen (secondary N) is 7. The van der Waals surface area contributed by atoms with Crippen molar-refractivity contribution < 1.29 is 19.2 Å². The van der Waals surface area contributed by atoms with E-state index in [0.29, 0.717) is 38.6 Å². The molecule has 0 spiro atoms. The third kappa shape index (κ3) is 23.2. The molecule has 7 N–H and O–H groups in total. The Morgan fingerprint density at radius 2 is 0.976 bits per heavy atom. The smallest absolute Gasteiger partial charge is 0.222 e. The molecule has 0 aliphatic carbocycles. The average molecular weight is 584 g/mol. The van der Waals surface area contributed by atoms with Gasteiger partial charge in [0.1, 0.15) is 5.78 Å². The van der Waals surface area contributed by atoms with Crippen LogP contribution in [0.25, 0.3) is 0 Å². The summed E-state index contributed by atoms with van der Waals surface area (Å²) in [6, 6.07) is -0.425. The molecule has 11 heteroatoms. The molecule has 0 radical (unpaired) electrons. The average Bonchev–Trinajstić information content (AvgIpc) is 2.90. The van der Waals surface area contributed by atoms with Gasteiger partial charge in [0.15, 0.2) is 0 Å². The molecule has 0 aromatic rings. The van der Waals surface area contributed by atoms with E-state index in [1.54, 1.807) is 0 Å². The monoisotopic (exact) mass is 583 g/mol. The predicted octanol–water partition coefficient (Wildman–Crippen LogP) is 1.22. The SMILES string of the molecule is CNCCCC(C)CC(=O)NC(CCCNC)CC(=O)NC(CCCNC(=O)CC(CCCNC)NC)CC(C)=O. The molecule has 0 saturated heterocycles. The first-order chi connectivity index (χ1) is 19.6. The second kappa shape index (κ2) is 25.6. The highest BCUT2D eigenvalue weighted by molar-refractivity contribution is 5.81. The summed E-state index contributed by atoms with van der Waals surface area (Å²) < 4.78 is 0. The Morgan fingerprint density at radius 3 is 1.49 bits per heavy atom. The van der Waals surface area contributed by atoms with Gasteiger partial charge in [-0.1, -0.05) is 6.92 Å². The molecule has 0 aromatic heterocycles. The molecule has 0 rings (SSSR count). The van der Waals surface area contributed by atoms with Crippen LogP contribution in [0.1, 0.15) is 90.9 Å². The van der Waals surface area contributed by atoms with E-state index in [2.05, 4.69) is 44.1 Å². The van der Waals surface area contributed by atoms with Crippen LogP contribution in [0.2, 0.25) is 0 Å². The lowest BCUT2D eigenvalue weighted by molar-refractivity contribution is -0.125. The summed E-state index contributed by atoms with van der Waals surface area (Å²) in [5, 5.41) is 21.6. The summed E-state index contributed by atoms with van der Waals surface area (Å²) in [5.74, 6) is 0.0812. The second-order valence-electron chi connectivity index (χ2n) is 11.4. The maximum Gasteiger partial charge on any atom is 0.222 e. The molecular weight excluding hydrogens is 522 g/mol. The zero-order chi connectivity index (χ0) is 30.9. The van der Waals surface area contributed by atoms with E-state index in [1.165, 1.54) is 6.92 Å². The number of hydrogen-bond acceptors (Lipinski definition) is 8. The number of Topliss-reactive ketones (excluding diaryl/α,β-unsaturated/α-hetero) is 1. The standard InChI is InChI=1S/C30H61N7O4/c1-23(11-7-15-31-3)19-29(40)37-27(13-9-17-33-5)22-30(41)36-26(20-24(2)38)14-10-18-35-28(39)21-25(34-6)12-8-16-32-4/h23,25-27,31-34H,7-22H2,1-6H3,(H,35,39)(H,36,41)(H,37,40). The number of carbonyl (C=O) groups is 4. The van der Waals surface area contributed by atoms with Gasteiger partial charge in [-0.05, 0) is 112 Å². The van der Waals surface area contributed by atoms with Crippen LogP contribution in [-0.4, -0.2) is 96.0 Å². The van der Waals surface area contributed by atoms with Crippen molar-refractivity contribution in [3.8, 4) is 0 Å². The molecular formula is C30H61N7O4. The molecule has 240 valence electrons. The first-order valence-electron chi connectivity index (χ1n) is 15.6. The molecule has 0 aliphatic heterocycles. The Hall–Kier alpha value is -2.08. The minimum atomic E-state index is -0.302. The normalized spacial score (nSPS) is 14.1. The summed E-state index contributed by atoms with van der Waals surface area (Å²) in [6.07, 6.45) is 7.97. The van der Waals surface area contributed by atoms with E-state index in [0.717, 1.165) is 51.7 Å². The fraction of sp³-hybridized carbons (Fsp3) is 0.867. The third-order valence-electron chi connectivity index (χ3n) is 7.20. The maximum atomic E-state index is 13.0. The molecule has 4 atom stereocenters. The molecule has 3 amide bonds. The number of ketones is 1. The van der Waals surface area contributed by atoms with Crippen molar-refractivity contribution in [3.05, 3.63) is 0 Å². The maximum absolute atomic E-state index is 13.0. The highest BCUT2D eigenvalue weighted by atomic mass is 16.2. The van der Waals surface area contributed by atoms with Crippen molar-refractivity contribution in [3.63, 3.8) is 0 Å². The van der Waals surface area contributed by atoms with Gasteiger partial charge in [-0.3, -0.25) is 19.2 Å². The van der Waals surface area contributed by atoms with Gasteiger partial charge in [-0.15, -0.1) is 0 Å². The lowest BCUT2D eigenvalue weighted by atomic mass is 10.00. The summed E-state index contributed by atoms with van der Waals surface area (Å²) >= 11 is 0. The van der Waals surface area contributed by atoms with Crippen LogP contribution in [-0.2, 0) is 19.2 Å². The van der Waals surface area contributed by atoms with Crippen LogP contribution in [0.5, 0.6) is 0 Å². The van der Waals surface area contributed by atoms with Crippen LogP contribution in [0.15, 0.2) is 0 Å². The Labute approximate surface area is 249 Å². The van der Waals surface area contributed by atoms with Gasteiger partial charge < -0.3 is 37.2 Å². The molecule has 0 aliphatic rings. The number of rotatable bonds is 27. The molecule has 0 fully saturated rings. The summed E-state index contributed by atoms with van der Waals surface area (Å²) in [5.41, 5.74) is 0. The Bertz CT molecular complexity index is 723. The van der Waals surface area contributed by atoms with Gasteiger partial charge in [0.05, 0.1) is 0 Å². The lowest BCUT2D eigenvalue weighted by Gasteiger charge is -2.22. The lowest BCUT2D eigenvalue weighted by Crippen LogP contribution is -2.43. The van der Waals surface area contributed by atoms with E-state index in [1.807, 2.05) is 28.2 Å². The van der Waals surface area contributed by atoms with Gasteiger partial charge in [-0.2, -0.15) is 0 Å². The fourth-order valence-electron chi connectivity index (χ4n) is 4.91. The minimum absolute atomic E-state index is 0.00235. The van der Waals surface area contributed by atoms with Gasteiger partial charge in [-0.25, -0.2) is 0 Å². The van der Waals surface area contributed by atoms with Gasteiger partial charge in [0, 0.05) is 50.4 Å². The Morgan fingerprint density at radius 1 is 0.537 bits per heavy atom. The Balaban J connectivity index is 4.79. The first kappa shape index (κ1) is 38.9.